The van der Waals surface area contributed by atoms with Crippen LogP contribution in [-0.4, -0.2) is 236 Å². The average molecular weight is 1760 g/mol. The van der Waals surface area contributed by atoms with E-state index in [1.54, 1.807) is 43.5 Å². The van der Waals surface area contributed by atoms with Crippen LogP contribution in [0.1, 0.15) is 218 Å². The van der Waals surface area contributed by atoms with Crippen molar-refractivity contribution in [1.29, 1.82) is 0 Å². The molecule has 1 saturated heterocycles. The fourth-order valence-corrected chi connectivity index (χ4v) is 13.9. The Morgan fingerprint density at radius 1 is 0.584 bits per heavy atom. The summed E-state index contributed by atoms with van der Waals surface area (Å²) in [4.78, 5) is 199. The summed E-state index contributed by atoms with van der Waals surface area (Å²) in [6.45, 7) is 6.05. The van der Waals surface area contributed by atoms with E-state index in [1.807, 2.05) is 31.2 Å². The zero-order valence-electron chi connectivity index (χ0n) is 72.8. The molecular weight excluding hydrogens is 1620 g/mol. The number of hydrogen-bond donors (Lipinski definition) is 24. The molecule has 0 radical (unpaired) electrons. The van der Waals surface area contributed by atoms with Gasteiger partial charge in [-0.3, -0.25) is 82.7 Å². The molecule has 40 nitrogen and oxygen atoms in total. The number of benzene rings is 2. The van der Waals surface area contributed by atoms with E-state index in [9.17, 15) is 87.5 Å². The Balaban J connectivity index is 0.000000524. The number of nitrogens with one attached hydrogen (secondary N) is 15. The monoisotopic (exact) mass is 1760 g/mol. The second-order valence-corrected chi connectivity index (χ2v) is 31.7. The Morgan fingerprint density at radius 3 is 1.78 bits per heavy atom. The van der Waals surface area contributed by atoms with Crippen molar-refractivity contribution in [3.05, 3.63) is 90.1 Å². The molecule has 0 saturated carbocycles. The van der Waals surface area contributed by atoms with Gasteiger partial charge in [-0.05, 0) is 89.0 Å². The molecule has 0 bridgehead atoms. The summed E-state index contributed by atoms with van der Waals surface area (Å²) >= 11 is 0. The van der Waals surface area contributed by atoms with Crippen LogP contribution in [0.25, 0.3) is 10.9 Å². The Kier molecular flexibility index (Phi) is 50.6. The normalized spacial score (nSPS) is 19.0. The summed E-state index contributed by atoms with van der Waals surface area (Å²) < 4.78 is 0. The molecule has 0 unspecified atom stereocenters. The van der Waals surface area contributed by atoms with Gasteiger partial charge in [0.1, 0.15) is 54.7 Å². The van der Waals surface area contributed by atoms with Crippen molar-refractivity contribution in [3.8, 4) is 0 Å². The highest BCUT2D eigenvalue weighted by molar-refractivity contribution is 5.99. The third-order valence-electron chi connectivity index (χ3n) is 21.2. The van der Waals surface area contributed by atoms with Crippen molar-refractivity contribution in [2.24, 2.45) is 39.6 Å². The number of hydrogen-bond acceptors (Lipinski definition) is 22. The molecule has 696 valence electrons. The number of unbranched alkanes of at least 4 members (excludes halogenated alkanes) is 13. The van der Waals surface area contributed by atoms with Gasteiger partial charge in [-0.1, -0.05) is 159 Å². The van der Waals surface area contributed by atoms with E-state index in [-0.39, 0.29) is 101 Å². The third kappa shape index (κ3) is 42.4. The summed E-state index contributed by atoms with van der Waals surface area (Å²) in [5, 5.41) is 77.1. The molecule has 1 aliphatic heterocycles. The number of carbonyl (C=O) groups is 14. The number of rotatable bonds is 49. The number of H-pyrrole nitrogens is 2. The standard InChI is InChI=1S/C43H80N10O10.C42H58N12O8/c1-5-7-9-10-11-12-13-14-15-16-17-18-19-21-36(57)47-26-37(58)53-38(29(3)55)43(63)50-32(22-23-35(44)56)40(60)51-33(24-30-25-46-28-48-30)41(61)52-34(27-54)42(62)49-31(20-8-6-2)39(59)45-4;1-24-16-17-35(56)47-18-8-7-14-29(36(44)57)50-40(61)32(21-26-23-49-28-13-6-5-12-27(26)28)54-38(59)30(15-9-19-48-42(45)46)51-39(60)31(20-25-10-3-2-4-11-25)53-41(62)33(22-34(43)55)52-37(24)58/h25,28-29,31-34,38-40,45,51,54-55,59-60H,5-24,26-27H2,1-4H3,(H2,44,56)(H,46,48)(H,47,57)(H,49,62)(H,50,63)(H,52,61)(H,53,58);2-6,10-13,23-24,29-33,49H,7-9,14-22H2,1H3,(H2,43,55)(H2,44,57)(H,47,56)(H,50,61)(H,51,60)(H,52,58)(H,53,62)(H,54,59)(H4,45,46,48)/t29-,31-,32-,33-,34-,38-,39-,40-;24-,29-,30-,31+,32-,33-/m00/s1. The number of aromatic nitrogens is 3. The van der Waals surface area contributed by atoms with Crippen molar-refractivity contribution in [2.45, 2.75) is 299 Å². The predicted molar refractivity (Wildman–Crippen MR) is 468 cm³/mol. The molecule has 125 heavy (non-hydrogen) atoms. The molecule has 1 aliphatic rings. The highest BCUT2D eigenvalue weighted by Gasteiger charge is 2.37. The Hall–Kier alpha value is -11.2. The molecule has 14 atom stereocenters. The van der Waals surface area contributed by atoms with Gasteiger partial charge in [0, 0.05) is 86.5 Å². The van der Waals surface area contributed by atoms with Crippen LogP contribution in [0, 0.1) is 5.92 Å². The zero-order chi connectivity index (χ0) is 92.2. The Labute approximate surface area is 730 Å². The first-order valence-electron chi connectivity index (χ1n) is 43.6. The number of carbonyl (C=O) groups excluding carboxylic acids is 14. The average Bonchev–Trinajstić information content (AvgIpc) is 1.68. The van der Waals surface area contributed by atoms with E-state index in [0.29, 0.717) is 48.9 Å². The SMILES string of the molecule is CCCCCCCCCCCCCCCC(=O)NCC(=O)N[C@H](C(=O)N[C@@H](CCC(N)=O)[C@H](O)N[C@@H](Cc1cnc[nH]1)C(=O)N[C@@H](CO)C(=O)N[C@@H](CCCC)[C@H](O)NC)[C@H](C)O.C[C@H]1CCC(=O)NCCCC[C@@H](C(N)=O)NC(=O)[C@H](Cc2c[nH]c3ccccc23)NC(=O)[C@H](CCCN=C(N)N)NC(=O)[C@@H](Cc2ccccc2)NC(=O)[C@H](CC(N)=O)NC1=O. The maximum atomic E-state index is 14.3. The fourth-order valence-electron chi connectivity index (χ4n) is 13.9. The van der Waals surface area contributed by atoms with Gasteiger partial charge in [-0.25, -0.2) is 4.98 Å². The molecule has 2 aromatic heterocycles. The number of fused-ring (bicyclic) bond motifs is 1. The Bertz CT molecular complexity index is 4020. The second kappa shape index (κ2) is 59.6. The molecule has 1 fully saturated rings. The zero-order valence-corrected chi connectivity index (χ0v) is 72.8. The van der Waals surface area contributed by atoms with E-state index in [4.69, 9.17) is 28.7 Å². The first-order chi connectivity index (χ1) is 59.8. The number of aliphatic imine (C=N–C) groups is 1. The van der Waals surface area contributed by atoms with Crippen LogP contribution in [0.4, 0.5) is 0 Å². The van der Waals surface area contributed by atoms with E-state index in [2.05, 4.69) is 96.0 Å². The highest BCUT2D eigenvalue weighted by Crippen LogP contribution is 2.21. The summed E-state index contributed by atoms with van der Waals surface area (Å²) in [7, 11) is 1.52. The number of aromatic amines is 2. The van der Waals surface area contributed by atoms with Crippen LogP contribution < -0.4 is 97.8 Å². The second-order valence-electron chi connectivity index (χ2n) is 31.7. The highest BCUT2D eigenvalue weighted by atomic mass is 16.3. The lowest BCUT2D eigenvalue weighted by Crippen LogP contribution is -2.62. The van der Waals surface area contributed by atoms with Crippen LogP contribution in [0.5, 0.6) is 0 Å². The van der Waals surface area contributed by atoms with Crippen molar-refractivity contribution in [2.75, 3.05) is 33.3 Å². The molecule has 14 amide bonds. The van der Waals surface area contributed by atoms with Crippen LogP contribution in [0.15, 0.2) is 78.3 Å². The van der Waals surface area contributed by atoms with Gasteiger partial charge >= 0.3 is 0 Å². The number of nitrogens with two attached hydrogens (primary N) is 5. The van der Waals surface area contributed by atoms with E-state index in [1.165, 1.54) is 84.3 Å². The largest absolute Gasteiger partial charge is 0.394 e. The van der Waals surface area contributed by atoms with Gasteiger partial charge in [0.05, 0.1) is 50.1 Å². The van der Waals surface area contributed by atoms with E-state index >= 15 is 0 Å². The molecule has 5 rings (SSSR count). The Morgan fingerprint density at radius 2 is 1.17 bits per heavy atom. The minimum absolute atomic E-state index is 0.0273. The first kappa shape index (κ1) is 106. The number of aliphatic hydroxyl groups excluding tert-OH is 4. The number of guanidine groups is 1. The molecule has 29 N–H and O–H groups in total. The quantitative estimate of drug-likeness (QED) is 0.0105. The number of nitrogens with zero attached hydrogens (tertiary/aromatic N) is 2. The third-order valence-corrected chi connectivity index (χ3v) is 21.2. The lowest BCUT2D eigenvalue weighted by molar-refractivity contribution is -0.136. The van der Waals surface area contributed by atoms with Gasteiger partial charge in [0.25, 0.3) is 0 Å². The number of para-hydroxylation sites is 1. The molecule has 0 aliphatic carbocycles. The van der Waals surface area contributed by atoms with Gasteiger partial charge in [0.15, 0.2) is 5.96 Å². The fraction of sp³-hybridized carbons (Fsp3) is 0.624. The van der Waals surface area contributed by atoms with E-state index < -0.39 is 175 Å². The summed E-state index contributed by atoms with van der Waals surface area (Å²) in [5.74, 6) is -11.2. The van der Waals surface area contributed by atoms with Gasteiger partial charge in [-0.2, -0.15) is 0 Å². The topological polar surface area (TPSA) is 663 Å². The van der Waals surface area contributed by atoms with Crippen LogP contribution in [0.2, 0.25) is 0 Å². The van der Waals surface area contributed by atoms with Crippen LogP contribution in [0.3, 0.4) is 0 Å². The number of amides is 14. The summed E-state index contributed by atoms with van der Waals surface area (Å²) in [6, 6.07) is 3.06. The minimum atomic E-state index is -1.76. The van der Waals surface area contributed by atoms with Crippen molar-refractivity contribution in [1.82, 2.24) is 84.1 Å². The number of imidazole rings is 1. The number of primary amides is 3. The summed E-state index contributed by atoms with van der Waals surface area (Å²) in [5.41, 5.74) is 30.1. The number of likely N-dealkylation sites (N-methyl/N-ethyl adjacent to an activating group) is 1. The van der Waals surface area contributed by atoms with Crippen LogP contribution in [-0.2, 0) is 86.4 Å². The van der Waals surface area contributed by atoms with Gasteiger partial charge < -0.3 is 118 Å². The first-order valence-corrected chi connectivity index (χ1v) is 43.6. The number of aliphatic hydroxyl groups is 4. The lowest BCUT2D eigenvalue weighted by atomic mass is 10.0. The molecule has 4 aromatic rings. The van der Waals surface area contributed by atoms with Gasteiger partial charge in [0.2, 0.25) is 82.7 Å². The lowest BCUT2D eigenvalue weighted by Gasteiger charge is -2.31. The van der Waals surface area contributed by atoms with Crippen molar-refractivity contribution < 1.29 is 87.5 Å². The van der Waals surface area contributed by atoms with E-state index in [0.717, 1.165) is 36.6 Å². The van der Waals surface area contributed by atoms with Crippen molar-refractivity contribution >= 4 is 99.6 Å². The van der Waals surface area contributed by atoms with Crippen LogP contribution >= 0.6 is 0 Å². The molecular formula is C85H138N22O18. The maximum absolute atomic E-state index is 14.3. The maximum Gasteiger partial charge on any atom is 0.245 e. The van der Waals surface area contributed by atoms with Gasteiger partial charge in [-0.15, -0.1) is 0 Å². The smallest absolute Gasteiger partial charge is 0.245 e. The molecule has 3 heterocycles. The molecule has 0 spiro atoms. The molecule has 2 aromatic carbocycles. The minimum Gasteiger partial charge on any atom is -0.394 e. The van der Waals surface area contributed by atoms with Crippen molar-refractivity contribution in [3.63, 3.8) is 0 Å². The predicted octanol–water partition coefficient (Wildman–Crippen LogP) is -1.36. The molecule has 40 heteroatoms. The summed E-state index contributed by atoms with van der Waals surface area (Å²) in [6.07, 6.45) is 17.3.